The Morgan fingerprint density at radius 2 is 1.64 bits per heavy atom. The van der Waals surface area contributed by atoms with Crippen LogP contribution in [0.1, 0.15) is 37.5 Å². The van der Waals surface area contributed by atoms with Crippen molar-refractivity contribution < 1.29 is 12.8 Å². The van der Waals surface area contributed by atoms with E-state index in [1.807, 2.05) is 0 Å². The monoisotopic (exact) mass is 423 g/mol. The molecule has 0 amide bonds. The third-order valence-electron chi connectivity index (χ3n) is 4.06. The molecule has 0 heterocycles. The van der Waals surface area contributed by atoms with Crippen LogP contribution in [0.3, 0.4) is 0 Å². The van der Waals surface area contributed by atoms with Crippen molar-refractivity contribution in [2.45, 2.75) is 39.3 Å². The molecule has 2 aromatic rings. The fourth-order valence-electron chi connectivity index (χ4n) is 2.53. The van der Waals surface area contributed by atoms with Crippen LogP contribution in [0.15, 0.2) is 42.5 Å². The predicted octanol–water partition coefficient (Wildman–Crippen LogP) is 3.66. The Labute approximate surface area is 171 Å². The van der Waals surface area contributed by atoms with E-state index in [9.17, 15) is 12.8 Å². The first-order chi connectivity index (χ1) is 12.9. The lowest BCUT2D eigenvalue weighted by Crippen LogP contribution is -2.34. The third kappa shape index (κ3) is 7.09. The largest absolute Gasteiger partial charge is 0.359 e. The number of benzene rings is 2. The van der Waals surface area contributed by atoms with E-state index in [-0.39, 0.29) is 12.0 Å². The normalized spacial score (nSPS) is 11.8. The van der Waals surface area contributed by atoms with Crippen molar-refractivity contribution in [1.82, 2.24) is 10.6 Å². The summed E-state index contributed by atoms with van der Waals surface area (Å²) in [4.78, 5) is 0. The minimum absolute atomic E-state index is 0.105. The predicted molar refractivity (Wildman–Crippen MR) is 116 cm³/mol. The van der Waals surface area contributed by atoms with Crippen LogP contribution in [-0.4, -0.2) is 19.8 Å². The molecule has 3 N–H and O–H groups in total. The van der Waals surface area contributed by atoms with Gasteiger partial charge in [-0.1, -0.05) is 45.0 Å². The van der Waals surface area contributed by atoms with Gasteiger partial charge in [0.2, 0.25) is 10.0 Å². The summed E-state index contributed by atoms with van der Waals surface area (Å²) in [5, 5.41) is 6.41. The van der Waals surface area contributed by atoms with E-state index in [1.54, 1.807) is 0 Å². The smallest absolute Gasteiger partial charge is 0.229 e. The number of halogens is 1. The average molecular weight is 424 g/mol. The SMILES string of the molecule is CC(C)(C)c1ccc(CNC(=S)NCc2cc(NS(C)(=O)=O)ccc2F)cc1. The summed E-state index contributed by atoms with van der Waals surface area (Å²) < 4.78 is 38.9. The Morgan fingerprint density at radius 1 is 1.04 bits per heavy atom. The maximum Gasteiger partial charge on any atom is 0.229 e. The fraction of sp³-hybridized carbons (Fsp3) is 0.350. The van der Waals surface area contributed by atoms with Crippen LogP contribution in [0.5, 0.6) is 0 Å². The highest BCUT2D eigenvalue weighted by Gasteiger charge is 2.13. The number of hydrogen-bond acceptors (Lipinski definition) is 3. The molecule has 0 aliphatic carbocycles. The molecule has 0 aliphatic heterocycles. The van der Waals surface area contributed by atoms with Gasteiger partial charge in [-0.25, -0.2) is 12.8 Å². The summed E-state index contributed by atoms with van der Waals surface area (Å²) in [6.07, 6.45) is 1.04. The van der Waals surface area contributed by atoms with Gasteiger partial charge in [0.25, 0.3) is 0 Å². The number of thiocarbonyl (C=S) groups is 1. The van der Waals surface area contributed by atoms with Gasteiger partial charge in [0, 0.05) is 24.3 Å². The highest BCUT2D eigenvalue weighted by molar-refractivity contribution is 7.92. The lowest BCUT2D eigenvalue weighted by molar-refractivity contribution is 0.590. The van der Waals surface area contributed by atoms with Crippen molar-refractivity contribution in [1.29, 1.82) is 0 Å². The Hall–Kier alpha value is -2.19. The molecule has 0 radical (unpaired) electrons. The van der Waals surface area contributed by atoms with Crippen LogP contribution in [-0.2, 0) is 28.5 Å². The molecule has 2 rings (SSSR count). The van der Waals surface area contributed by atoms with Gasteiger partial charge in [0.05, 0.1) is 6.26 Å². The zero-order chi connectivity index (χ0) is 20.9. The third-order valence-corrected chi connectivity index (χ3v) is 4.96. The number of sulfonamides is 1. The highest BCUT2D eigenvalue weighted by atomic mass is 32.2. The molecule has 8 heteroatoms. The topological polar surface area (TPSA) is 70.2 Å². The van der Waals surface area contributed by atoms with Crippen LogP contribution in [0.2, 0.25) is 0 Å². The molecule has 28 heavy (non-hydrogen) atoms. The van der Waals surface area contributed by atoms with E-state index in [2.05, 4.69) is 60.4 Å². The molecular formula is C20H26FN3O2S2. The summed E-state index contributed by atoms with van der Waals surface area (Å²) in [7, 11) is -3.42. The van der Waals surface area contributed by atoms with Crippen LogP contribution < -0.4 is 15.4 Å². The fourth-order valence-corrected chi connectivity index (χ4v) is 3.23. The first-order valence-corrected chi connectivity index (χ1v) is 11.1. The molecule has 0 unspecified atom stereocenters. The van der Waals surface area contributed by atoms with Gasteiger partial charge in [0.1, 0.15) is 5.82 Å². The van der Waals surface area contributed by atoms with Crippen LogP contribution in [0, 0.1) is 5.82 Å². The van der Waals surface area contributed by atoms with E-state index in [4.69, 9.17) is 12.2 Å². The van der Waals surface area contributed by atoms with E-state index in [0.29, 0.717) is 22.9 Å². The second-order valence-electron chi connectivity index (χ2n) is 7.66. The molecule has 0 saturated carbocycles. The molecule has 0 spiro atoms. The Balaban J connectivity index is 1.89. The van der Waals surface area contributed by atoms with Gasteiger partial charge >= 0.3 is 0 Å². The molecule has 152 valence electrons. The lowest BCUT2D eigenvalue weighted by Gasteiger charge is -2.19. The van der Waals surface area contributed by atoms with Crippen molar-refractivity contribution >= 4 is 33.0 Å². The van der Waals surface area contributed by atoms with Gasteiger partial charge in [-0.3, -0.25) is 4.72 Å². The van der Waals surface area contributed by atoms with E-state index < -0.39 is 15.8 Å². The van der Waals surface area contributed by atoms with Gasteiger partial charge in [-0.15, -0.1) is 0 Å². The van der Waals surface area contributed by atoms with Gasteiger partial charge in [-0.2, -0.15) is 0 Å². The van der Waals surface area contributed by atoms with Crippen LogP contribution in [0.25, 0.3) is 0 Å². The number of hydrogen-bond donors (Lipinski definition) is 3. The first-order valence-electron chi connectivity index (χ1n) is 8.81. The second-order valence-corrected chi connectivity index (χ2v) is 9.82. The molecule has 0 atom stereocenters. The van der Waals surface area contributed by atoms with Gasteiger partial charge in [-0.05, 0) is 47.0 Å². The Bertz CT molecular complexity index is 937. The first kappa shape index (κ1) is 22.1. The van der Waals surface area contributed by atoms with Crippen molar-refractivity contribution in [2.75, 3.05) is 11.0 Å². The highest BCUT2D eigenvalue weighted by Crippen LogP contribution is 2.22. The summed E-state index contributed by atoms with van der Waals surface area (Å²) in [5.74, 6) is -0.438. The zero-order valence-corrected chi connectivity index (χ0v) is 18.1. The molecule has 0 aromatic heterocycles. The quantitative estimate of drug-likeness (QED) is 0.619. The van der Waals surface area contributed by atoms with Crippen molar-refractivity contribution in [2.24, 2.45) is 0 Å². The summed E-state index contributed by atoms with van der Waals surface area (Å²) in [6, 6.07) is 12.3. The molecule has 5 nitrogen and oxygen atoms in total. The number of rotatable bonds is 6. The average Bonchev–Trinajstić information content (AvgIpc) is 2.58. The summed E-state index contributed by atoms with van der Waals surface area (Å²) in [6.45, 7) is 7.19. The molecular weight excluding hydrogens is 397 g/mol. The zero-order valence-electron chi connectivity index (χ0n) is 16.5. The maximum atomic E-state index is 14.0. The molecule has 0 saturated heterocycles. The molecule has 0 bridgehead atoms. The van der Waals surface area contributed by atoms with Gasteiger partial charge in [0.15, 0.2) is 5.11 Å². The standard InChI is InChI=1S/C20H26FN3O2S2/c1-20(2,3)16-7-5-14(6-8-16)12-22-19(27)23-13-15-11-17(9-10-18(15)21)24-28(4,25)26/h5-11,24H,12-13H2,1-4H3,(H2,22,23,27). The summed E-state index contributed by atoms with van der Waals surface area (Å²) >= 11 is 5.24. The van der Waals surface area contributed by atoms with Crippen molar-refractivity contribution in [3.63, 3.8) is 0 Å². The van der Waals surface area contributed by atoms with Crippen molar-refractivity contribution in [3.8, 4) is 0 Å². The molecule has 0 fully saturated rings. The molecule has 2 aromatic carbocycles. The minimum atomic E-state index is -3.42. The Morgan fingerprint density at radius 3 is 2.21 bits per heavy atom. The summed E-state index contributed by atoms with van der Waals surface area (Å²) in [5.41, 5.74) is 3.07. The van der Waals surface area contributed by atoms with Gasteiger partial charge < -0.3 is 10.6 Å². The minimum Gasteiger partial charge on any atom is -0.359 e. The van der Waals surface area contributed by atoms with Crippen LogP contribution in [0.4, 0.5) is 10.1 Å². The molecule has 0 aliphatic rings. The second kappa shape index (κ2) is 8.87. The number of nitrogens with one attached hydrogen (secondary N) is 3. The van der Waals surface area contributed by atoms with Crippen LogP contribution >= 0.6 is 12.2 Å². The van der Waals surface area contributed by atoms with E-state index in [0.717, 1.165) is 11.8 Å². The Kier molecular flexibility index (Phi) is 7.01. The van der Waals surface area contributed by atoms with Crippen molar-refractivity contribution in [3.05, 3.63) is 65.0 Å². The van der Waals surface area contributed by atoms with E-state index >= 15 is 0 Å². The lowest BCUT2D eigenvalue weighted by atomic mass is 9.87. The maximum absolute atomic E-state index is 14.0. The van der Waals surface area contributed by atoms with E-state index in [1.165, 1.54) is 23.8 Å². The number of anilines is 1.